The van der Waals surface area contributed by atoms with Gasteiger partial charge in [0.1, 0.15) is 23.6 Å². The van der Waals surface area contributed by atoms with Crippen molar-refractivity contribution in [3.05, 3.63) is 51.9 Å². The molecule has 2 aromatic carbocycles. The first kappa shape index (κ1) is 12.4. The summed E-state index contributed by atoms with van der Waals surface area (Å²) in [4.78, 5) is 4.25. The van der Waals surface area contributed by atoms with Gasteiger partial charge in [0, 0.05) is 4.47 Å². The fourth-order valence-corrected chi connectivity index (χ4v) is 2.76. The first-order chi connectivity index (χ1) is 9.24. The van der Waals surface area contributed by atoms with Gasteiger partial charge in [-0.15, -0.1) is 11.3 Å². The van der Waals surface area contributed by atoms with E-state index in [0.717, 1.165) is 20.3 Å². The van der Waals surface area contributed by atoms with Crippen molar-refractivity contribution in [3.63, 3.8) is 0 Å². The third kappa shape index (κ3) is 2.57. The van der Waals surface area contributed by atoms with E-state index in [1.54, 1.807) is 16.8 Å². The van der Waals surface area contributed by atoms with E-state index in [2.05, 4.69) is 20.9 Å². The summed E-state index contributed by atoms with van der Waals surface area (Å²) in [7, 11) is 0. The van der Waals surface area contributed by atoms with E-state index in [1.165, 1.54) is 0 Å². The molecule has 0 aliphatic carbocycles. The lowest BCUT2D eigenvalue weighted by Crippen LogP contribution is -1.99. The molecular weight excluding hydrogens is 324 g/mol. The van der Waals surface area contributed by atoms with Crippen molar-refractivity contribution in [2.75, 3.05) is 5.73 Å². The van der Waals surface area contributed by atoms with Crippen LogP contribution < -0.4 is 10.5 Å². The minimum atomic E-state index is 0.493. The molecule has 1 heterocycles. The van der Waals surface area contributed by atoms with Crippen molar-refractivity contribution in [1.82, 2.24) is 4.98 Å². The van der Waals surface area contributed by atoms with Crippen molar-refractivity contribution in [2.45, 2.75) is 6.61 Å². The number of nitrogens with zero attached hydrogens (tertiary/aromatic N) is 1. The van der Waals surface area contributed by atoms with Gasteiger partial charge in [0.2, 0.25) is 0 Å². The number of thiazole rings is 1. The van der Waals surface area contributed by atoms with E-state index in [9.17, 15) is 0 Å². The van der Waals surface area contributed by atoms with Gasteiger partial charge in [-0.25, -0.2) is 4.98 Å². The van der Waals surface area contributed by atoms with Crippen LogP contribution in [-0.4, -0.2) is 4.98 Å². The molecule has 3 nitrogen and oxygen atoms in total. The van der Waals surface area contributed by atoms with Crippen LogP contribution in [0.3, 0.4) is 0 Å². The molecule has 0 saturated carbocycles. The molecule has 0 amide bonds. The zero-order valence-corrected chi connectivity index (χ0v) is 12.4. The molecule has 0 saturated heterocycles. The number of rotatable bonds is 3. The number of hydrogen-bond donors (Lipinski definition) is 1. The monoisotopic (exact) mass is 334 g/mol. The molecule has 2 N–H and O–H groups in total. The Morgan fingerprint density at radius 3 is 2.74 bits per heavy atom. The van der Waals surface area contributed by atoms with Gasteiger partial charge in [-0.1, -0.05) is 28.1 Å². The Hall–Kier alpha value is -1.59. The number of hydrogen-bond acceptors (Lipinski definition) is 4. The van der Waals surface area contributed by atoms with Crippen LogP contribution in [0.5, 0.6) is 5.75 Å². The van der Waals surface area contributed by atoms with Crippen LogP contribution in [0.1, 0.15) is 5.56 Å². The number of ether oxygens (including phenoxy) is 1. The van der Waals surface area contributed by atoms with E-state index >= 15 is 0 Å². The summed E-state index contributed by atoms with van der Waals surface area (Å²) >= 11 is 4.98. The summed E-state index contributed by atoms with van der Waals surface area (Å²) in [6.07, 6.45) is 0. The summed E-state index contributed by atoms with van der Waals surface area (Å²) in [5, 5.41) is 0. The van der Waals surface area contributed by atoms with Gasteiger partial charge in [0.25, 0.3) is 0 Å². The molecule has 0 fully saturated rings. The number of aromatic nitrogens is 1. The van der Waals surface area contributed by atoms with Gasteiger partial charge in [-0.3, -0.25) is 0 Å². The molecule has 96 valence electrons. The van der Waals surface area contributed by atoms with Crippen LogP contribution in [0, 0.1) is 0 Å². The molecule has 1 aromatic heterocycles. The van der Waals surface area contributed by atoms with Crippen LogP contribution in [0.15, 0.2) is 46.4 Å². The smallest absolute Gasteiger partial charge is 0.145 e. The summed E-state index contributed by atoms with van der Waals surface area (Å²) in [5.41, 5.74) is 10.4. The first-order valence-corrected chi connectivity index (χ1v) is 7.40. The second-order valence-corrected chi connectivity index (χ2v) is 5.89. The van der Waals surface area contributed by atoms with Gasteiger partial charge < -0.3 is 10.5 Å². The molecule has 0 aliphatic heterocycles. The molecule has 0 unspecified atom stereocenters. The molecule has 3 aromatic rings. The molecule has 3 rings (SSSR count). The van der Waals surface area contributed by atoms with Crippen molar-refractivity contribution >= 4 is 43.2 Å². The third-order valence-corrected chi connectivity index (χ3v) is 4.13. The fraction of sp³-hybridized carbons (Fsp3) is 0.0714. The number of benzene rings is 2. The maximum absolute atomic E-state index is 6.06. The molecule has 0 bridgehead atoms. The molecule has 0 aliphatic rings. The van der Waals surface area contributed by atoms with Crippen LogP contribution in [-0.2, 0) is 6.61 Å². The summed E-state index contributed by atoms with van der Waals surface area (Å²) in [6.45, 7) is 0.493. The van der Waals surface area contributed by atoms with E-state index in [-0.39, 0.29) is 0 Å². The Balaban J connectivity index is 1.81. The van der Waals surface area contributed by atoms with Crippen molar-refractivity contribution < 1.29 is 4.74 Å². The number of nitrogen functional groups attached to an aromatic ring is 1. The molecule has 0 spiro atoms. The SMILES string of the molecule is Nc1c(OCc2ccc(Br)cc2)ccc2scnc12. The van der Waals surface area contributed by atoms with Crippen molar-refractivity contribution in [2.24, 2.45) is 0 Å². The highest BCUT2D eigenvalue weighted by Gasteiger charge is 2.07. The van der Waals surface area contributed by atoms with E-state index < -0.39 is 0 Å². The van der Waals surface area contributed by atoms with Crippen LogP contribution >= 0.6 is 27.3 Å². The summed E-state index contributed by atoms with van der Waals surface area (Å²) in [6, 6.07) is 11.9. The van der Waals surface area contributed by atoms with Crippen LogP contribution in [0.2, 0.25) is 0 Å². The highest BCUT2D eigenvalue weighted by molar-refractivity contribution is 9.10. The van der Waals surface area contributed by atoms with Gasteiger partial charge in [-0.05, 0) is 29.8 Å². The molecule has 0 atom stereocenters. The van der Waals surface area contributed by atoms with Gasteiger partial charge in [-0.2, -0.15) is 0 Å². The fourth-order valence-electron chi connectivity index (χ4n) is 1.80. The van der Waals surface area contributed by atoms with E-state index in [0.29, 0.717) is 18.0 Å². The molecule has 0 radical (unpaired) electrons. The predicted octanol–water partition coefficient (Wildman–Crippen LogP) is 4.22. The lowest BCUT2D eigenvalue weighted by atomic mass is 10.2. The van der Waals surface area contributed by atoms with E-state index in [4.69, 9.17) is 10.5 Å². The minimum absolute atomic E-state index is 0.493. The predicted molar refractivity (Wildman–Crippen MR) is 82.5 cm³/mol. The molecular formula is C14H11BrN2OS. The maximum atomic E-state index is 6.06. The Morgan fingerprint density at radius 1 is 1.16 bits per heavy atom. The highest BCUT2D eigenvalue weighted by Crippen LogP contribution is 2.32. The van der Waals surface area contributed by atoms with Crippen molar-refractivity contribution in [1.29, 1.82) is 0 Å². The quantitative estimate of drug-likeness (QED) is 0.729. The lowest BCUT2D eigenvalue weighted by Gasteiger charge is -2.09. The number of nitrogens with two attached hydrogens (primary N) is 1. The second kappa shape index (κ2) is 5.19. The number of halogens is 1. The Labute approximate surface area is 123 Å². The van der Waals surface area contributed by atoms with E-state index in [1.807, 2.05) is 36.4 Å². The molecule has 19 heavy (non-hydrogen) atoms. The largest absolute Gasteiger partial charge is 0.487 e. The molecule has 5 heteroatoms. The Kier molecular flexibility index (Phi) is 3.40. The number of anilines is 1. The average Bonchev–Trinajstić information content (AvgIpc) is 2.89. The minimum Gasteiger partial charge on any atom is -0.487 e. The standard InChI is InChI=1S/C14H11BrN2OS/c15-10-3-1-9(2-4-10)7-18-11-5-6-12-14(13(11)16)17-8-19-12/h1-6,8H,7,16H2. The third-order valence-electron chi connectivity index (χ3n) is 2.81. The Morgan fingerprint density at radius 2 is 1.95 bits per heavy atom. The van der Waals surface area contributed by atoms with Crippen LogP contribution in [0.4, 0.5) is 5.69 Å². The summed E-state index contributed by atoms with van der Waals surface area (Å²) in [5.74, 6) is 0.682. The zero-order valence-electron chi connectivity index (χ0n) is 9.97. The zero-order chi connectivity index (χ0) is 13.2. The second-order valence-electron chi connectivity index (χ2n) is 4.09. The normalized spacial score (nSPS) is 10.8. The highest BCUT2D eigenvalue weighted by atomic mass is 79.9. The van der Waals surface area contributed by atoms with Crippen molar-refractivity contribution in [3.8, 4) is 5.75 Å². The van der Waals surface area contributed by atoms with Crippen LogP contribution in [0.25, 0.3) is 10.2 Å². The van der Waals surface area contributed by atoms with Gasteiger partial charge in [0.05, 0.1) is 10.2 Å². The lowest BCUT2D eigenvalue weighted by molar-refractivity contribution is 0.308. The van der Waals surface area contributed by atoms with Gasteiger partial charge >= 0.3 is 0 Å². The summed E-state index contributed by atoms with van der Waals surface area (Å²) < 4.78 is 7.90. The maximum Gasteiger partial charge on any atom is 0.145 e. The topological polar surface area (TPSA) is 48.1 Å². The first-order valence-electron chi connectivity index (χ1n) is 5.73. The Bertz CT molecular complexity index is 709. The van der Waals surface area contributed by atoms with Gasteiger partial charge in [0.15, 0.2) is 0 Å². The average molecular weight is 335 g/mol. The number of fused-ring (bicyclic) bond motifs is 1.